The molecule has 2 bridgehead atoms. The molecule has 2 aliphatic rings. The number of hydrogen-bond donors (Lipinski definition) is 1. The maximum absolute atomic E-state index is 14.9. The fourth-order valence-electron chi connectivity index (χ4n) is 4.30. The van der Waals surface area contributed by atoms with E-state index in [0.29, 0.717) is 24.3 Å². The van der Waals surface area contributed by atoms with Gasteiger partial charge in [0.15, 0.2) is 11.0 Å². The van der Waals surface area contributed by atoms with Crippen LogP contribution < -0.4 is 9.64 Å². The van der Waals surface area contributed by atoms with Crippen LogP contribution in [-0.4, -0.2) is 75.0 Å². The van der Waals surface area contributed by atoms with Crippen LogP contribution in [0, 0.1) is 11.2 Å². The number of nitrogens with zero attached hydrogens (tertiary/aromatic N) is 5. The van der Waals surface area contributed by atoms with Gasteiger partial charge in [0.2, 0.25) is 0 Å². The summed E-state index contributed by atoms with van der Waals surface area (Å²) < 4.78 is 26.3. The van der Waals surface area contributed by atoms with E-state index >= 15 is 0 Å². The lowest BCUT2D eigenvalue weighted by Gasteiger charge is -2.42. The molecule has 0 spiro atoms. The molecule has 9 nitrogen and oxygen atoms in total. The molecule has 2 saturated heterocycles. The first kappa shape index (κ1) is 24.7. The highest BCUT2D eigenvalue weighted by molar-refractivity contribution is 6.30. The lowest BCUT2D eigenvalue weighted by Crippen LogP contribution is -2.57. The number of amides is 1. The number of rotatable bonds is 5. The molecule has 1 amide bonds. The van der Waals surface area contributed by atoms with Crippen molar-refractivity contribution in [1.29, 1.82) is 0 Å². The molecular weight excluding hydrogens is 465 g/mol. The van der Waals surface area contributed by atoms with Crippen LogP contribution >= 0.6 is 11.6 Å². The number of aromatic nitrogens is 3. The number of carbonyl (C=O) groups is 1. The number of anilines is 1. The summed E-state index contributed by atoms with van der Waals surface area (Å²) in [5, 5.41) is 9.66. The summed E-state index contributed by atoms with van der Waals surface area (Å²) in [5.41, 5.74) is -1.08. The van der Waals surface area contributed by atoms with Crippen molar-refractivity contribution in [1.82, 2.24) is 19.9 Å². The maximum atomic E-state index is 14.9. The highest BCUT2D eigenvalue weighted by atomic mass is 35.5. The van der Waals surface area contributed by atoms with Gasteiger partial charge in [0, 0.05) is 24.7 Å². The van der Waals surface area contributed by atoms with Gasteiger partial charge in [-0.05, 0) is 33.6 Å². The molecule has 2 aliphatic heterocycles. The minimum absolute atomic E-state index is 0.00731. The highest BCUT2D eigenvalue weighted by Crippen LogP contribution is 2.37. The predicted molar refractivity (Wildman–Crippen MR) is 126 cm³/mol. The summed E-state index contributed by atoms with van der Waals surface area (Å²) in [6.45, 7) is 10.3. The Morgan fingerprint density at radius 2 is 1.85 bits per heavy atom. The van der Waals surface area contributed by atoms with Crippen LogP contribution in [-0.2, 0) is 4.74 Å². The van der Waals surface area contributed by atoms with Gasteiger partial charge in [0.1, 0.15) is 16.9 Å². The molecule has 186 valence electrons. The minimum Gasteiger partial charge on any atom is -0.463 e. The summed E-state index contributed by atoms with van der Waals surface area (Å²) in [6, 6.07) is -0.116. The SMILES string of the molecule is CC(C)(CO)COc1nc(N2CC3CCC(C2)N3C(=O)OC(C)(C)C)c2cnc(Cl)c(F)c2n1. The standard InChI is InChI=1S/C23H31ClFN5O4/c1-22(2,3)34-21(32)30-13-6-7-14(30)10-29(9-13)19-15-8-26-18(24)16(25)17(15)27-20(28-19)33-12-23(4,5)11-31/h8,13-14,31H,6-7,9-12H2,1-5H3. The van der Waals surface area contributed by atoms with Crippen LogP contribution in [0.3, 0.4) is 0 Å². The second-order valence-electron chi connectivity index (χ2n) is 10.7. The zero-order valence-corrected chi connectivity index (χ0v) is 20.9. The normalized spacial score (nSPS) is 20.7. The van der Waals surface area contributed by atoms with Crippen LogP contribution in [0.15, 0.2) is 6.20 Å². The molecule has 2 unspecified atom stereocenters. The molecule has 2 aromatic heterocycles. The minimum atomic E-state index is -0.746. The lowest BCUT2D eigenvalue weighted by atomic mass is 9.97. The van der Waals surface area contributed by atoms with Crippen molar-refractivity contribution in [3.63, 3.8) is 0 Å². The van der Waals surface area contributed by atoms with Crippen molar-refractivity contribution in [2.24, 2.45) is 5.41 Å². The molecule has 0 saturated carbocycles. The Kier molecular flexibility index (Phi) is 6.50. The van der Waals surface area contributed by atoms with E-state index in [-0.39, 0.29) is 48.1 Å². The number of aliphatic hydroxyl groups is 1. The fourth-order valence-corrected chi connectivity index (χ4v) is 4.44. The number of pyridine rings is 1. The molecule has 0 aliphatic carbocycles. The van der Waals surface area contributed by atoms with Gasteiger partial charge < -0.3 is 19.5 Å². The van der Waals surface area contributed by atoms with Crippen molar-refractivity contribution in [2.75, 3.05) is 31.2 Å². The van der Waals surface area contributed by atoms with Crippen LogP contribution in [0.25, 0.3) is 10.9 Å². The first-order chi connectivity index (χ1) is 15.9. The van der Waals surface area contributed by atoms with Gasteiger partial charge in [0.25, 0.3) is 0 Å². The van der Waals surface area contributed by atoms with Gasteiger partial charge in [-0.15, -0.1) is 0 Å². The highest BCUT2D eigenvalue weighted by Gasteiger charge is 2.45. The van der Waals surface area contributed by atoms with Gasteiger partial charge >= 0.3 is 12.1 Å². The number of halogens is 2. The van der Waals surface area contributed by atoms with Crippen molar-refractivity contribution < 1.29 is 23.8 Å². The predicted octanol–water partition coefficient (Wildman–Crippen LogP) is 3.80. The monoisotopic (exact) mass is 495 g/mol. The number of ether oxygens (including phenoxy) is 2. The van der Waals surface area contributed by atoms with Crippen LogP contribution in [0.4, 0.5) is 15.0 Å². The van der Waals surface area contributed by atoms with E-state index in [2.05, 4.69) is 15.0 Å². The molecule has 2 atom stereocenters. The van der Waals surface area contributed by atoms with E-state index in [1.807, 2.05) is 44.4 Å². The van der Waals surface area contributed by atoms with E-state index in [4.69, 9.17) is 21.1 Å². The molecule has 34 heavy (non-hydrogen) atoms. The van der Waals surface area contributed by atoms with E-state index in [1.165, 1.54) is 6.20 Å². The largest absolute Gasteiger partial charge is 0.463 e. The second-order valence-corrected chi connectivity index (χ2v) is 11.1. The number of aliphatic hydroxyl groups excluding tert-OH is 1. The zero-order chi connectivity index (χ0) is 24.8. The molecule has 0 radical (unpaired) electrons. The molecular formula is C23H31ClFN5O4. The van der Waals surface area contributed by atoms with E-state index in [0.717, 1.165) is 12.8 Å². The number of piperazine rings is 1. The Balaban J connectivity index is 1.66. The topological polar surface area (TPSA) is 101 Å². The van der Waals surface area contributed by atoms with Crippen molar-refractivity contribution >= 4 is 34.4 Å². The molecule has 4 rings (SSSR count). The second kappa shape index (κ2) is 8.96. The Labute approximate surface area is 203 Å². The lowest BCUT2D eigenvalue weighted by molar-refractivity contribution is 0.0122. The zero-order valence-electron chi connectivity index (χ0n) is 20.1. The third-order valence-corrected chi connectivity index (χ3v) is 6.27. The Morgan fingerprint density at radius 3 is 2.44 bits per heavy atom. The number of carbonyl (C=O) groups excluding carboxylic acids is 1. The maximum Gasteiger partial charge on any atom is 0.410 e. The molecule has 2 fully saturated rings. The number of fused-ring (bicyclic) bond motifs is 3. The quantitative estimate of drug-likeness (QED) is 0.625. The molecule has 2 aromatic rings. The molecule has 1 N–H and O–H groups in total. The third-order valence-electron chi connectivity index (χ3n) is 6.01. The molecule has 4 heterocycles. The van der Waals surface area contributed by atoms with Crippen LogP contribution in [0.2, 0.25) is 5.15 Å². The summed E-state index contributed by atoms with van der Waals surface area (Å²) in [4.78, 5) is 29.4. The smallest absolute Gasteiger partial charge is 0.410 e. The summed E-state index contributed by atoms with van der Waals surface area (Å²) in [7, 11) is 0. The Hall–Kier alpha value is -2.46. The van der Waals surface area contributed by atoms with Crippen LogP contribution in [0.5, 0.6) is 6.01 Å². The summed E-state index contributed by atoms with van der Waals surface area (Å²) in [5.74, 6) is -0.268. The Morgan fingerprint density at radius 1 is 1.21 bits per heavy atom. The van der Waals surface area contributed by atoms with Crippen molar-refractivity contribution in [3.05, 3.63) is 17.2 Å². The van der Waals surface area contributed by atoms with Gasteiger partial charge in [-0.1, -0.05) is 25.4 Å². The third kappa shape index (κ3) is 4.98. The van der Waals surface area contributed by atoms with Crippen molar-refractivity contribution in [3.8, 4) is 6.01 Å². The van der Waals surface area contributed by atoms with Crippen molar-refractivity contribution in [2.45, 2.75) is 65.1 Å². The summed E-state index contributed by atoms with van der Waals surface area (Å²) >= 11 is 5.92. The van der Waals surface area contributed by atoms with Gasteiger partial charge in [-0.25, -0.2) is 14.2 Å². The average molecular weight is 496 g/mol. The first-order valence-electron chi connectivity index (χ1n) is 11.4. The average Bonchev–Trinajstić information content (AvgIpc) is 3.03. The van der Waals surface area contributed by atoms with Crippen LogP contribution in [0.1, 0.15) is 47.5 Å². The number of hydrogen-bond acceptors (Lipinski definition) is 8. The van der Waals surface area contributed by atoms with Gasteiger partial charge in [-0.3, -0.25) is 4.90 Å². The first-order valence-corrected chi connectivity index (χ1v) is 11.8. The van der Waals surface area contributed by atoms with Gasteiger partial charge in [-0.2, -0.15) is 9.97 Å². The van der Waals surface area contributed by atoms with E-state index in [9.17, 15) is 14.3 Å². The Bertz CT molecular complexity index is 1080. The van der Waals surface area contributed by atoms with Gasteiger partial charge in [0.05, 0.1) is 30.7 Å². The molecule has 11 heteroatoms. The summed E-state index contributed by atoms with van der Waals surface area (Å²) in [6.07, 6.45) is 2.83. The molecule has 0 aromatic carbocycles. The fraction of sp³-hybridized carbons (Fsp3) is 0.652. The van der Waals surface area contributed by atoms with E-state index < -0.39 is 16.8 Å². The van der Waals surface area contributed by atoms with E-state index in [1.54, 1.807) is 0 Å².